The standard InChI is InChI=1S/C13H19F2N5O2/c14-13(15,10-3-7-22-8-4-10)12(21)20-5-1-9(2-6-20)11-16-18-19-17-11/h9-10H,1-8H2,(H,16,17,18,19). The minimum atomic E-state index is -3.30. The number of tetrazole rings is 1. The summed E-state index contributed by atoms with van der Waals surface area (Å²) in [5, 5.41) is 13.7. The minimum Gasteiger partial charge on any atom is -0.381 e. The van der Waals surface area contributed by atoms with Crippen LogP contribution in [0.15, 0.2) is 0 Å². The molecule has 1 amide bonds. The summed E-state index contributed by atoms with van der Waals surface area (Å²) in [5.74, 6) is -4.61. The van der Waals surface area contributed by atoms with Gasteiger partial charge in [0.1, 0.15) is 0 Å². The Morgan fingerprint density at radius 2 is 1.91 bits per heavy atom. The van der Waals surface area contributed by atoms with Gasteiger partial charge < -0.3 is 9.64 Å². The number of carbonyl (C=O) groups is 1. The van der Waals surface area contributed by atoms with E-state index in [2.05, 4.69) is 20.6 Å². The molecule has 122 valence electrons. The number of nitrogens with one attached hydrogen (secondary N) is 1. The summed E-state index contributed by atoms with van der Waals surface area (Å²) >= 11 is 0. The highest BCUT2D eigenvalue weighted by molar-refractivity contribution is 5.84. The highest BCUT2D eigenvalue weighted by Crippen LogP contribution is 2.35. The second kappa shape index (κ2) is 6.23. The molecule has 0 spiro atoms. The van der Waals surface area contributed by atoms with Crippen molar-refractivity contribution in [2.45, 2.75) is 37.5 Å². The second-order valence-electron chi connectivity index (χ2n) is 5.85. The van der Waals surface area contributed by atoms with E-state index < -0.39 is 17.7 Å². The largest absolute Gasteiger partial charge is 0.381 e. The topological polar surface area (TPSA) is 84.0 Å². The monoisotopic (exact) mass is 315 g/mol. The number of hydrogen-bond acceptors (Lipinski definition) is 5. The lowest BCUT2D eigenvalue weighted by atomic mass is 9.90. The average molecular weight is 315 g/mol. The molecule has 9 heteroatoms. The van der Waals surface area contributed by atoms with Crippen LogP contribution in [0.1, 0.15) is 37.4 Å². The van der Waals surface area contributed by atoms with E-state index >= 15 is 0 Å². The summed E-state index contributed by atoms with van der Waals surface area (Å²) in [6.45, 7) is 1.20. The van der Waals surface area contributed by atoms with Gasteiger partial charge in [-0.05, 0) is 25.7 Å². The first-order valence-corrected chi connectivity index (χ1v) is 7.57. The Labute approximate surface area is 126 Å². The van der Waals surface area contributed by atoms with E-state index in [-0.39, 0.29) is 18.8 Å². The first-order chi connectivity index (χ1) is 10.6. The normalized spacial score (nSPS) is 22.0. The van der Waals surface area contributed by atoms with E-state index in [1.54, 1.807) is 0 Å². The molecule has 2 saturated heterocycles. The third kappa shape index (κ3) is 2.94. The third-order valence-electron chi connectivity index (χ3n) is 4.53. The summed E-state index contributed by atoms with van der Waals surface area (Å²) in [4.78, 5) is 13.5. The van der Waals surface area contributed by atoms with Gasteiger partial charge in [0, 0.05) is 38.1 Å². The number of amides is 1. The number of aromatic nitrogens is 4. The van der Waals surface area contributed by atoms with Gasteiger partial charge >= 0.3 is 5.92 Å². The fourth-order valence-electron chi connectivity index (χ4n) is 3.13. The Bertz CT molecular complexity index is 497. The van der Waals surface area contributed by atoms with Crippen LogP contribution in [-0.4, -0.2) is 63.7 Å². The van der Waals surface area contributed by atoms with Crippen molar-refractivity contribution in [2.24, 2.45) is 5.92 Å². The van der Waals surface area contributed by atoms with Crippen molar-refractivity contribution in [2.75, 3.05) is 26.3 Å². The van der Waals surface area contributed by atoms with Crippen LogP contribution in [0.3, 0.4) is 0 Å². The fourth-order valence-corrected chi connectivity index (χ4v) is 3.13. The molecule has 1 aromatic heterocycles. The van der Waals surface area contributed by atoms with Crippen molar-refractivity contribution in [1.82, 2.24) is 25.5 Å². The number of likely N-dealkylation sites (tertiary alicyclic amines) is 1. The maximum Gasteiger partial charge on any atom is 0.327 e. The number of rotatable bonds is 3. The molecule has 0 radical (unpaired) electrons. The van der Waals surface area contributed by atoms with Gasteiger partial charge in [0.25, 0.3) is 5.91 Å². The van der Waals surface area contributed by atoms with Crippen LogP contribution < -0.4 is 0 Å². The number of carbonyl (C=O) groups excluding carboxylic acids is 1. The van der Waals surface area contributed by atoms with Crippen molar-refractivity contribution in [3.05, 3.63) is 5.82 Å². The highest BCUT2D eigenvalue weighted by atomic mass is 19.3. The molecule has 0 aliphatic carbocycles. The van der Waals surface area contributed by atoms with E-state index in [0.717, 1.165) is 0 Å². The zero-order chi connectivity index (χ0) is 15.6. The van der Waals surface area contributed by atoms with Crippen LogP contribution in [0.25, 0.3) is 0 Å². The van der Waals surface area contributed by atoms with E-state index in [1.807, 2.05) is 0 Å². The Hall–Kier alpha value is -1.64. The average Bonchev–Trinajstić information content (AvgIpc) is 3.09. The van der Waals surface area contributed by atoms with E-state index in [9.17, 15) is 13.6 Å². The van der Waals surface area contributed by atoms with Crippen LogP contribution in [-0.2, 0) is 9.53 Å². The van der Waals surface area contributed by atoms with Gasteiger partial charge in [-0.2, -0.15) is 14.0 Å². The predicted molar refractivity (Wildman–Crippen MR) is 71.2 cm³/mol. The van der Waals surface area contributed by atoms with Gasteiger partial charge in [-0.25, -0.2) is 0 Å². The molecule has 3 rings (SSSR count). The molecular formula is C13H19F2N5O2. The molecule has 0 atom stereocenters. The predicted octanol–water partition coefficient (Wildman–Crippen LogP) is 0.968. The molecule has 3 heterocycles. The Morgan fingerprint density at radius 1 is 1.23 bits per heavy atom. The van der Waals surface area contributed by atoms with Gasteiger partial charge in [-0.3, -0.25) is 4.79 Å². The molecule has 22 heavy (non-hydrogen) atoms. The van der Waals surface area contributed by atoms with Crippen molar-refractivity contribution in [3.8, 4) is 0 Å². The zero-order valence-corrected chi connectivity index (χ0v) is 12.2. The summed E-state index contributed by atoms with van der Waals surface area (Å²) < 4.78 is 33.8. The van der Waals surface area contributed by atoms with Gasteiger partial charge in [-0.1, -0.05) is 5.21 Å². The summed E-state index contributed by atoms with van der Waals surface area (Å²) in [7, 11) is 0. The summed E-state index contributed by atoms with van der Waals surface area (Å²) in [6, 6.07) is 0. The molecular weight excluding hydrogens is 296 g/mol. The van der Waals surface area contributed by atoms with Crippen LogP contribution in [0.4, 0.5) is 8.78 Å². The number of piperidine rings is 1. The fraction of sp³-hybridized carbons (Fsp3) is 0.846. The molecule has 2 aliphatic heterocycles. The molecule has 7 nitrogen and oxygen atoms in total. The quantitative estimate of drug-likeness (QED) is 0.898. The number of hydrogen-bond donors (Lipinski definition) is 1. The van der Waals surface area contributed by atoms with Crippen molar-refractivity contribution >= 4 is 5.91 Å². The van der Waals surface area contributed by atoms with Gasteiger partial charge in [0.05, 0.1) is 0 Å². The van der Waals surface area contributed by atoms with Crippen LogP contribution >= 0.6 is 0 Å². The first-order valence-electron chi connectivity index (χ1n) is 7.57. The Balaban J connectivity index is 1.59. The molecule has 2 fully saturated rings. The SMILES string of the molecule is O=C(N1CCC(c2nn[nH]n2)CC1)C(F)(F)C1CCOCC1. The Kier molecular flexibility index (Phi) is 4.32. The second-order valence-corrected chi connectivity index (χ2v) is 5.85. The highest BCUT2D eigenvalue weighted by Gasteiger charge is 2.49. The minimum absolute atomic E-state index is 0.0690. The smallest absolute Gasteiger partial charge is 0.327 e. The molecule has 1 N–H and O–H groups in total. The first kappa shape index (κ1) is 15.3. The molecule has 0 unspecified atom stereocenters. The van der Waals surface area contributed by atoms with Crippen LogP contribution in [0.5, 0.6) is 0 Å². The number of alkyl halides is 2. The molecule has 0 saturated carbocycles. The van der Waals surface area contributed by atoms with Gasteiger partial charge in [0.15, 0.2) is 5.82 Å². The number of H-pyrrole nitrogens is 1. The number of aromatic amines is 1. The van der Waals surface area contributed by atoms with Crippen molar-refractivity contribution in [3.63, 3.8) is 0 Å². The van der Waals surface area contributed by atoms with Crippen molar-refractivity contribution < 1.29 is 18.3 Å². The lowest BCUT2D eigenvalue weighted by Gasteiger charge is -2.36. The number of nitrogens with zero attached hydrogens (tertiary/aromatic N) is 4. The summed E-state index contributed by atoms with van der Waals surface area (Å²) in [6.07, 6.45) is 1.63. The lowest BCUT2D eigenvalue weighted by Crippen LogP contribution is -2.51. The zero-order valence-electron chi connectivity index (χ0n) is 12.2. The number of ether oxygens (including phenoxy) is 1. The molecule has 0 aromatic carbocycles. The third-order valence-corrected chi connectivity index (χ3v) is 4.53. The van der Waals surface area contributed by atoms with E-state index in [4.69, 9.17) is 4.74 Å². The van der Waals surface area contributed by atoms with E-state index in [1.165, 1.54) is 4.90 Å². The summed E-state index contributed by atoms with van der Waals surface area (Å²) in [5.41, 5.74) is 0. The molecule has 0 bridgehead atoms. The van der Waals surface area contributed by atoms with Crippen molar-refractivity contribution in [1.29, 1.82) is 0 Å². The van der Waals surface area contributed by atoms with Gasteiger partial charge in [0.2, 0.25) is 0 Å². The van der Waals surface area contributed by atoms with E-state index in [0.29, 0.717) is 45.0 Å². The number of halogens is 2. The van der Waals surface area contributed by atoms with Crippen LogP contribution in [0.2, 0.25) is 0 Å². The molecule has 1 aromatic rings. The van der Waals surface area contributed by atoms with Gasteiger partial charge in [-0.15, -0.1) is 10.2 Å². The van der Waals surface area contributed by atoms with Crippen LogP contribution in [0, 0.1) is 5.92 Å². The lowest BCUT2D eigenvalue weighted by molar-refractivity contribution is -0.172. The molecule has 2 aliphatic rings. The maximum atomic E-state index is 14.4. The maximum absolute atomic E-state index is 14.4. The Morgan fingerprint density at radius 3 is 2.50 bits per heavy atom.